The number of esters is 2. The van der Waals surface area contributed by atoms with Gasteiger partial charge in [0.25, 0.3) is 6.43 Å². The lowest BCUT2D eigenvalue weighted by Crippen LogP contribution is -2.49. The molecular formula is C24H36F2N2O6. The molecule has 2 N–H and O–H groups in total. The molecule has 1 rings (SSSR count). The van der Waals surface area contributed by atoms with Crippen LogP contribution in [0.15, 0.2) is 18.5 Å². The third-order valence-corrected chi connectivity index (χ3v) is 4.53. The second-order valence-corrected chi connectivity index (χ2v) is 11.1. The van der Waals surface area contributed by atoms with Crippen molar-refractivity contribution >= 4 is 23.5 Å². The van der Waals surface area contributed by atoms with Crippen LogP contribution in [0.1, 0.15) is 74.3 Å². The van der Waals surface area contributed by atoms with E-state index in [9.17, 15) is 28.3 Å². The lowest BCUT2D eigenvalue weighted by atomic mass is 9.79. The molecule has 0 aromatic carbocycles. The summed E-state index contributed by atoms with van der Waals surface area (Å²) in [6.07, 6.45) is -2.28. The van der Waals surface area contributed by atoms with E-state index in [0.717, 1.165) is 6.20 Å². The Hall–Kier alpha value is -2.62. The number of nitrogens with zero attached hydrogens (tertiary/aromatic N) is 1. The third-order valence-electron chi connectivity index (χ3n) is 4.53. The third kappa shape index (κ3) is 8.00. The molecule has 2 atom stereocenters. The molecule has 0 saturated carbocycles. The van der Waals surface area contributed by atoms with Gasteiger partial charge in [0.15, 0.2) is 5.60 Å². The molecule has 0 aliphatic heterocycles. The Kier molecular flexibility index (Phi) is 8.94. The molecule has 0 saturated heterocycles. The van der Waals surface area contributed by atoms with E-state index in [0.29, 0.717) is 0 Å². The summed E-state index contributed by atoms with van der Waals surface area (Å²) in [6.45, 7) is 14.2. The van der Waals surface area contributed by atoms with Gasteiger partial charge in [-0.3, -0.25) is 19.4 Å². The van der Waals surface area contributed by atoms with Crippen LogP contribution in [0.3, 0.4) is 0 Å². The maximum atomic E-state index is 14.6. The number of nitrogens with one attached hydrogen (secondary N) is 1. The summed E-state index contributed by atoms with van der Waals surface area (Å²) in [5.41, 5.74) is -6.86. The van der Waals surface area contributed by atoms with E-state index >= 15 is 0 Å². The van der Waals surface area contributed by atoms with E-state index in [1.807, 2.05) is 0 Å². The maximum absolute atomic E-state index is 14.6. The number of hydrogen-bond donors (Lipinski definition) is 2. The van der Waals surface area contributed by atoms with Crippen LogP contribution < -0.4 is 5.32 Å². The van der Waals surface area contributed by atoms with Crippen LogP contribution in [-0.4, -0.2) is 45.6 Å². The fourth-order valence-electron chi connectivity index (χ4n) is 2.93. The number of ether oxygens (including phenoxy) is 2. The highest BCUT2D eigenvalue weighted by atomic mass is 19.3. The summed E-state index contributed by atoms with van der Waals surface area (Å²) in [5.74, 6) is -4.78. The standard InChI is InChI=1S/C24H36F2N2O6/c1-21(2,3)20(31)28-16-10-11-27-13-15(16)24(32,19(25)26)14(18(30)34-23(7,8)9)12-17(29)33-22(4,5)6/h10-11,13-14,19,32H,12H2,1-9H3,(H,27,28,31). The summed E-state index contributed by atoms with van der Waals surface area (Å²) in [5, 5.41) is 13.9. The van der Waals surface area contributed by atoms with Crippen molar-refractivity contribution in [3.8, 4) is 0 Å². The van der Waals surface area contributed by atoms with Crippen molar-refractivity contribution in [2.45, 2.75) is 92.0 Å². The number of hydrogen-bond acceptors (Lipinski definition) is 7. The molecule has 1 amide bonds. The van der Waals surface area contributed by atoms with E-state index in [1.165, 1.54) is 33.0 Å². The number of amides is 1. The molecule has 34 heavy (non-hydrogen) atoms. The smallest absolute Gasteiger partial charge is 0.313 e. The molecule has 10 heteroatoms. The first-order valence-corrected chi connectivity index (χ1v) is 10.9. The first-order chi connectivity index (χ1) is 15.2. The topological polar surface area (TPSA) is 115 Å². The number of pyridine rings is 1. The van der Waals surface area contributed by atoms with Gasteiger partial charge in [0, 0.05) is 23.4 Å². The number of alkyl halides is 2. The minimum Gasteiger partial charge on any atom is -0.460 e. The Morgan fingerprint density at radius 3 is 1.97 bits per heavy atom. The molecule has 0 aliphatic carbocycles. The number of carbonyl (C=O) groups is 3. The molecule has 0 bridgehead atoms. The average Bonchev–Trinajstić information content (AvgIpc) is 2.62. The number of carbonyl (C=O) groups excluding carboxylic acids is 3. The van der Waals surface area contributed by atoms with Crippen molar-refractivity contribution in [2.75, 3.05) is 5.32 Å². The fourth-order valence-corrected chi connectivity index (χ4v) is 2.93. The van der Waals surface area contributed by atoms with Crippen molar-refractivity contribution in [1.82, 2.24) is 4.98 Å². The van der Waals surface area contributed by atoms with E-state index in [-0.39, 0.29) is 5.69 Å². The quantitative estimate of drug-likeness (QED) is 0.555. The van der Waals surface area contributed by atoms with Crippen LogP contribution >= 0.6 is 0 Å². The molecule has 1 heterocycles. The molecule has 2 unspecified atom stereocenters. The molecule has 0 radical (unpaired) electrons. The summed E-state index contributed by atoms with van der Waals surface area (Å²) in [7, 11) is 0. The highest BCUT2D eigenvalue weighted by Crippen LogP contribution is 2.42. The van der Waals surface area contributed by atoms with E-state index < -0.39 is 64.4 Å². The van der Waals surface area contributed by atoms with Gasteiger partial charge >= 0.3 is 11.9 Å². The predicted molar refractivity (Wildman–Crippen MR) is 122 cm³/mol. The monoisotopic (exact) mass is 486 g/mol. The molecule has 1 aromatic heterocycles. The summed E-state index contributed by atoms with van der Waals surface area (Å²) in [4.78, 5) is 42.0. The average molecular weight is 487 g/mol. The summed E-state index contributed by atoms with van der Waals surface area (Å²) < 4.78 is 39.7. The molecular weight excluding hydrogens is 450 g/mol. The van der Waals surface area contributed by atoms with Crippen molar-refractivity contribution in [3.63, 3.8) is 0 Å². The van der Waals surface area contributed by atoms with Gasteiger partial charge in [-0.15, -0.1) is 0 Å². The second-order valence-electron chi connectivity index (χ2n) is 11.1. The van der Waals surface area contributed by atoms with Crippen LogP contribution in [0.2, 0.25) is 0 Å². The van der Waals surface area contributed by atoms with Gasteiger partial charge < -0.3 is 19.9 Å². The zero-order chi connectivity index (χ0) is 26.7. The van der Waals surface area contributed by atoms with Crippen molar-refractivity contribution < 1.29 is 37.7 Å². The predicted octanol–water partition coefficient (Wildman–Crippen LogP) is 4.21. The minimum absolute atomic E-state index is 0.171. The SMILES string of the molecule is CC(C)(C)OC(=O)CC(C(=O)OC(C)(C)C)C(O)(c1cnccc1NC(=O)C(C)(C)C)C(F)F. The Morgan fingerprint density at radius 1 is 1.00 bits per heavy atom. The maximum Gasteiger partial charge on any atom is 0.313 e. The zero-order valence-corrected chi connectivity index (χ0v) is 21.3. The molecule has 0 fully saturated rings. The molecule has 8 nitrogen and oxygen atoms in total. The van der Waals surface area contributed by atoms with Gasteiger partial charge in [-0.2, -0.15) is 0 Å². The Morgan fingerprint density at radius 2 is 1.53 bits per heavy atom. The van der Waals surface area contributed by atoms with Gasteiger partial charge in [-0.1, -0.05) is 20.8 Å². The second kappa shape index (κ2) is 10.3. The van der Waals surface area contributed by atoms with E-state index in [4.69, 9.17) is 9.47 Å². The van der Waals surface area contributed by atoms with Crippen LogP contribution in [0.25, 0.3) is 0 Å². The Balaban J connectivity index is 3.66. The highest BCUT2D eigenvalue weighted by molar-refractivity contribution is 5.95. The first kappa shape index (κ1) is 29.4. The summed E-state index contributed by atoms with van der Waals surface area (Å²) >= 11 is 0. The van der Waals surface area contributed by atoms with Gasteiger partial charge in [0.1, 0.15) is 17.1 Å². The molecule has 0 spiro atoms. The zero-order valence-electron chi connectivity index (χ0n) is 21.3. The van der Waals surface area contributed by atoms with Crippen molar-refractivity contribution in [2.24, 2.45) is 11.3 Å². The molecule has 1 aromatic rings. The van der Waals surface area contributed by atoms with E-state index in [2.05, 4.69) is 10.3 Å². The largest absolute Gasteiger partial charge is 0.460 e. The number of aliphatic hydroxyl groups is 1. The van der Waals surface area contributed by atoms with Crippen molar-refractivity contribution in [3.05, 3.63) is 24.0 Å². The van der Waals surface area contributed by atoms with Crippen LogP contribution in [0.4, 0.5) is 14.5 Å². The lowest BCUT2D eigenvalue weighted by Gasteiger charge is -2.37. The van der Waals surface area contributed by atoms with Crippen LogP contribution in [0.5, 0.6) is 0 Å². The molecule has 192 valence electrons. The van der Waals surface area contributed by atoms with Crippen molar-refractivity contribution in [1.29, 1.82) is 0 Å². The number of rotatable bonds is 7. The minimum atomic E-state index is -3.55. The first-order valence-electron chi connectivity index (χ1n) is 10.9. The number of halogens is 2. The van der Waals surface area contributed by atoms with Crippen LogP contribution in [0, 0.1) is 11.3 Å². The Bertz CT molecular complexity index is 900. The number of anilines is 1. The van der Waals surface area contributed by atoms with Gasteiger partial charge in [-0.25, -0.2) is 8.78 Å². The van der Waals surface area contributed by atoms with E-state index in [1.54, 1.807) is 41.5 Å². The van der Waals surface area contributed by atoms with Gasteiger partial charge in [0.05, 0.1) is 12.1 Å². The van der Waals surface area contributed by atoms with Gasteiger partial charge in [-0.05, 0) is 47.6 Å². The van der Waals surface area contributed by atoms with Gasteiger partial charge in [0.2, 0.25) is 5.91 Å². The normalized spacial score (nSPS) is 15.3. The van der Waals surface area contributed by atoms with Crippen LogP contribution in [-0.2, 0) is 29.5 Å². The fraction of sp³-hybridized carbons (Fsp3) is 0.667. The molecule has 0 aliphatic rings. The number of aromatic nitrogens is 1. The highest BCUT2D eigenvalue weighted by Gasteiger charge is 2.54. The Labute approximate surface area is 199 Å². The lowest BCUT2D eigenvalue weighted by molar-refractivity contribution is -0.194. The summed E-state index contributed by atoms with van der Waals surface area (Å²) in [6, 6.07) is 1.23.